The van der Waals surface area contributed by atoms with Crippen LogP contribution >= 0.6 is 11.8 Å². The Kier molecular flexibility index (Phi) is 9.27. The maximum atomic E-state index is 13.4. The molecule has 1 saturated heterocycles. The van der Waals surface area contributed by atoms with E-state index in [2.05, 4.69) is 10.6 Å². The largest absolute Gasteiger partial charge is 0.477 e. The lowest BCUT2D eigenvalue weighted by Gasteiger charge is -2.49. The summed E-state index contributed by atoms with van der Waals surface area (Å²) in [6, 6.07) is 14.0. The Morgan fingerprint density at radius 1 is 1.12 bits per heavy atom. The predicted octanol–water partition coefficient (Wildman–Crippen LogP) is 1.44. The summed E-state index contributed by atoms with van der Waals surface area (Å²) in [5.74, 6) is -3.34. The molecule has 2 aromatic rings. The highest BCUT2D eigenvalue weighted by Gasteiger charge is 2.54. The number of carbonyl (C=O) groups excluding carboxylic acids is 5. The summed E-state index contributed by atoms with van der Waals surface area (Å²) < 4.78 is 4.71. The molecule has 218 valence electrons. The van der Waals surface area contributed by atoms with Crippen molar-refractivity contribution in [2.75, 3.05) is 19.4 Å². The number of imide groups is 1. The molecule has 5 N–H and O–H groups in total. The van der Waals surface area contributed by atoms with Gasteiger partial charge in [-0.3, -0.25) is 24.2 Å². The Labute approximate surface area is 244 Å². The molecule has 2 heterocycles. The van der Waals surface area contributed by atoms with Crippen molar-refractivity contribution in [2.24, 2.45) is 5.73 Å². The topological polar surface area (TPSA) is 188 Å². The second-order valence-electron chi connectivity index (χ2n) is 9.20. The first-order valence-electron chi connectivity index (χ1n) is 12.6. The van der Waals surface area contributed by atoms with E-state index in [0.717, 1.165) is 15.4 Å². The van der Waals surface area contributed by atoms with Crippen LogP contribution in [0.5, 0.6) is 0 Å². The molecule has 4 rings (SSSR count). The molecule has 2 unspecified atom stereocenters. The molecule has 2 aliphatic heterocycles. The molecule has 6 amide bonds. The third-order valence-electron chi connectivity index (χ3n) is 6.45. The lowest BCUT2D eigenvalue weighted by molar-refractivity contribution is -0.151. The molecule has 2 aliphatic rings. The van der Waals surface area contributed by atoms with Crippen LogP contribution in [0.4, 0.5) is 9.59 Å². The Morgan fingerprint density at radius 2 is 1.76 bits per heavy atom. The Bertz CT molecular complexity index is 1460. The second-order valence-corrected chi connectivity index (χ2v) is 10.3. The molecule has 2 aromatic carbocycles. The molecular weight excluding hydrogens is 566 g/mol. The second kappa shape index (κ2) is 13.0. The normalized spacial score (nSPS) is 18.4. The van der Waals surface area contributed by atoms with Gasteiger partial charge in [0, 0.05) is 24.4 Å². The van der Waals surface area contributed by atoms with Gasteiger partial charge in [0.2, 0.25) is 5.91 Å². The number of primary amides is 1. The minimum Gasteiger partial charge on any atom is -0.477 e. The first-order valence-corrected chi connectivity index (χ1v) is 13.6. The van der Waals surface area contributed by atoms with Crippen molar-refractivity contribution in [1.29, 1.82) is 0 Å². The number of β-lactam (4-membered cyclic amide) rings is 1. The van der Waals surface area contributed by atoms with Crippen LogP contribution in [0, 0.1) is 0 Å². The van der Waals surface area contributed by atoms with Gasteiger partial charge in [0.25, 0.3) is 11.8 Å². The standard InChI is InChI=1S/C28H27N5O8S/c1-32(19(34)13-12-16-8-4-2-5-9-16)28(40)31-20(17-10-6-3-7-11-17)23(35)30-21-24(36)33-22(26(37)38)18(14-41-27(29)39)15-42-25(21)33/h2-13,20-21,25H,14-15H2,1H3,(H2,29,39)(H,30,35)(H,31,40)(H,37,38)/t20?,21?,25-/m0/s1. The molecule has 13 nitrogen and oxygen atoms in total. The zero-order valence-electron chi connectivity index (χ0n) is 22.3. The number of amides is 6. The summed E-state index contributed by atoms with van der Waals surface area (Å²) in [7, 11) is 1.26. The number of carbonyl (C=O) groups is 6. The molecule has 0 aromatic heterocycles. The van der Waals surface area contributed by atoms with Crippen LogP contribution in [0.2, 0.25) is 0 Å². The van der Waals surface area contributed by atoms with E-state index < -0.39 is 59.9 Å². The number of hydrogen-bond donors (Lipinski definition) is 4. The summed E-state index contributed by atoms with van der Waals surface area (Å²) in [6.07, 6.45) is 1.69. The third kappa shape index (κ3) is 6.61. The third-order valence-corrected chi connectivity index (χ3v) is 7.79. The predicted molar refractivity (Wildman–Crippen MR) is 151 cm³/mol. The Morgan fingerprint density at radius 3 is 2.38 bits per heavy atom. The number of ether oxygens (including phenoxy) is 1. The number of carboxylic acids is 1. The Balaban J connectivity index is 1.47. The molecule has 3 atom stereocenters. The van der Waals surface area contributed by atoms with E-state index in [-0.39, 0.29) is 17.0 Å². The summed E-state index contributed by atoms with van der Waals surface area (Å²) in [5, 5.41) is 14.1. The molecule has 0 radical (unpaired) electrons. The van der Waals surface area contributed by atoms with E-state index in [9.17, 15) is 33.9 Å². The fourth-order valence-corrected chi connectivity index (χ4v) is 5.63. The quantitative estimate of drug-likeness (QED) is 0.246. The van der Waals surface area contributed by atoms with Crippen LogP contribution in [0.1, 0.15) is 17.2 Å². The lowest BCUT2D eigenvalue weighted by atomic mass is 10.0. The number of carboxylic acid groups (broad SMARTS) is 1. The SMILES string of the molecule is CN(C(=O)C=Cc1ccccc1)C(=O)NC(C(=O)NC1C(=O)N2C(C(=O)O)=C(COC(N)=O)CS[C@@H]12)c1ccccc1. The minimum atomic E-state index is -1.40. The van der Waals surface area contributed by atoms with Gasteiger partial charge in [-0.05, 0) is 17.2 Å². The van der Waals surface area contributed by atoms with Gasteiger partial charge in [-0.15, -0.1) is 11.8 Å². The van der Waals surface area contributed by atoms with Crippen molar-refractivity contribution in [3.05, 3.63) is 89.1 Å². The molecule has 14 heteroatoms. The molecule has 0 aliphatic carbocycles. The Hall–Kier alpha value is -5.11. The van der Waals surface area contributed by atoms with Gasteiger partial charge < -0.3 is 26.2 Å². The van der Waals surface area contributed by atoms with Crippen LogP contribution in [-0.2, 0) is 23.9 Å². The van der Waals surface area contributed by atoms with Gasteiger partial charge in [0.05, 0.1) is 0 Å². The fourth-order valence-electron chi connectivity index (χ4n) is 4.30. The first kappa shape index (κ1) is 29.9. The minimum absolute atomic E-state index is 0.109. The average Bonchev–Trinajstić information content (AvgIpc) is 2.99. The highest BCUT2D eigenvalue weighted by Crippen LogP contribution is 2.40. The summed E-state index contributed by atoms with van der Waals surface area (Å²) in [6.45, 7) is -0.396. The van der Waals surface area contributed by atoms with Crippen molar-refractivity contribution >= 4 is 53.7 Å². The molecule has 42 heavy (non-hydrogen) atoms. The molecule has 0 saturated carbocycles. The number of nitrogens with two attached hydrogens (primary N) is 1. The monoisotopic (exact) mass is 593 g/mol. The van der Waals surface area contributed by atoms with E-state index in [1.807, 2.05) is 6.07 Å². The number of hydrogen-bond acceptors (Lipinski definition) is 8. The molecule has 0 bridgehead atoms. The van der Waals surface area contributed by atoms with Gasteiger partial charge in [0.1, 0.15) is 29.8 Å². The summed E-state index contributed by atoms with van der Waals surface area (Å²) in [4.78, 5) is 76.8. The van der Waals surface area contributed by atoms with Gasteiger partial charge in [0.15, 0.2) is 0 Å². The van der Waals surface area contributed by atoms with E-state index in [1.165, 1.54) is 24.9 Å². The number of likely N-dealkylation sites (N-methyl/N-ethyl adjacent to an activating group) is 1. The summed E-state index contributed by atoms with van der Waals surface area (Å²) >= 11 is 1.17. The number of benzene rings is 2. The summed E-state index contributed by atoms with van der Waals surface area (Å²) in [5.41, 5.74) is 5.97. The van der Waals surface area contributed by atoms with Gasteiger partial charge in [-0.1, -0.05) is 60.7 Å². The van der Waals surface area contributed by atoms with Crippen LogP contribution in [0.25, 0.3) is 6.08 Å². The molecule has 0 spiro atoms. The van der Waals surface area contributed by atoms with Crippen molar-refractivity contribution in [3.8, 4) is 0 Å². The number of nitrogens with zero attached hydrogens (tertiary/aromatic N) is 2. The van der Waals surface area contributed by atoms with Gasteiger partial charge >= 0.3 is 18.1 Å². The van der Waals surface area contributed by atoms with E-state index in [4.69, 9.17) is 10.5 Å². The number of aliphatic carboxylic acids is 1. The van der Waals surface area contributed by atoms with Crippen LogP contribution in [0.3, 0.4) is 0 Å². The fraction of sp³-hybridized carbons (Fsp3) is 0.214. The zero-order chi connectivity index (χ0) is 30.4. The van der Waals surface area contributed by atoms with Crippen molar-refractivity contribution in [2.45, 2.75) is 17.5 Å². The first-order chi connectivity index (χ1) is 20.1. The molecule has 1 fully saturated rings. The zero-order valence-corrected chi connectivity index (χ0v) is 23.1. The average molecular weight is 594 g/mol. The lowest BCUT2D eigenvalue weighted by Crippen LogP contribution is -2.71. The van der Waals surface area contributed by atoms with E-state index in [0.29, 0.717) is 5.56 Å². The number of thioether (sulfide) groups is 1. The van der Waals surface area contributed by atoms with Crippen LogP contribution in [-0.4, -0.2) is 81.5 Å². The maximum Gasteiger partial charge on any atom is 0.404 e. The van der Waals surface area contributed by atoms with Crippen LogP contribution in [0.15, 0.2) is 78.0 Å². The number of nitrogens with one attached hydrogen (secondary N) is 2. The number of rotatable bonds is 9. The molecular formula is C28H27N5O8S. The van der Waals surface area contributed by atoms with E-state index >= 15 is 0 Å². The van der Waals surface area contributed by atoms with Crippen LogP contribution < -0.4 is 16.4 Å². The van der Waals surface area contributed by atoms with Gasteiger partial charge in [-0.2, -0.15) is 0 Å². The smallest absolute Gasteiger partial charge is 0.404 e. The number of urea groups is 1. The van der Waals surface area contributed by atoms with Crippen molar-refractivity contribution in [1.82, 2.24) is 20.4 Å². The maximum absolute atomic E-state index is 13.4. The highest BCUT2D eigenvalue weighted by molar-refractivity contribution is 8.00. The number of fused-ring (bicyclic) bond motifs is 1. The highest BCUT2D eigenvalue weighted by atomic mass is 32.2. The van der Waals surface area contributed by atoms with Crippen molar-refractivity contribution < 1.29 is 38.6 Å². The van der Waals surface area contributed by atoms with Gasteiger partial charge in [-0.25, -0.2) is 14.4 Å². The van der Waals surface area contributed by atoms with E-state index in [1.54, 1.807) is 60.7 Å². The van der Waals surface area contributed by atoms with Crippen molar-refractivity contribution in [3.63, 3.8) is 0 Å².